The Kier molecular flexibility index (Phi) is 6.40. The summed E-state index contributed by atoms with van der Waals surface area (Å²) in [5.74, 6) is 0.731. The van der Waals surface area contributed by atoms with Gasteiger partial charge in [0.25, 0.3) is 5.91 Å². The van der Waals surface area contributed by atoms with Crippen LogP contribution >= 0.6 is 11.6 Å². The number of likely N-dealkylation sites (N-methyl/N-ethyl adjacent to an activating group) is 1. The molecule has 1 saturated heterocycles. The second kappa shape index (κ2) is 8.95. The van der Waals surface area contributed by atoms with Gasteiger partial charge in [-0.3, -0.25) is 9.59 Å². The molecule has 1 aromatic heterocycles. The highest BCUT2D eigenvalue weighted by molar-refractivity contribution is 6.30. The zero-order valence-corrected chi connectivity index (χ0v) is 16.0. The first-order valence-electron chi connectivity index (χ1n) is 8.99. The van der Waals surface area contributed by atoms with Gasteiger partial charge in [-0.1, -0.05) is 11.6 Å². The van der Waals surface area contributed by atoms with Gasteiger partial charge in [0.15, 0.2) is 0 Å². The van der Waals surface area contributed by atoms with Crippen molar-refractivity contribution >= 4 is 23.4 Å². The zero-order valence-electron chi connectivity index (χ0n) is 15.3. The fourth-order valence-corrected chi connectivity index (χ4v) is 3.28. The van der Waals surface area contributed by atoms with Gasteiger partial charge in [0, 0.05) is 31.1 Å². The van der Waals surface area contributed by atoms with E-state index in [1.54, 1.807) is 47.2 Å². The maximum atomic E-state index is 12.6. The molecule has 2 aromatic rings. The van der Waals surface area contributed by atoms with Gasteiger partial charge < -0.3 is 19.0 Å². The molecule has 0 atom stereocenters. The number of ether oxygens (including phenoxy) is 1. The maximum Gasteiger partial charge on any atom is 0.257 e. The van der Waals surface area contributed by atoms with E-state index in [4.69, 9.17) is 20.8 Å². The second-order valence-corrected chi connectivity index (χ2v) is 7.08. The maximum absolute atomic E-state index is 12.6. The van der Waals surface area contributed by atoms with Crippen LogP contribution in [0.25, 0.3) is 0 Å². The van der Waals surface area contributed by atoms with E-state index in [0.29, 0.717) is 49.7 Å². The smallest absolute Gasteiger partial charge is 0.257 e. The van der Waals surface area contributed by atoms with Crippen LogP contribution in [0.1, 0.15) is 23.2 Å². The van der Waals surface area contributed by atoms with E-state index in [1.165, 1.54) is 12.5 Å². The van der Waals surface area contributed by atoms with Gasteiger partial charge >= 0.3 is 0 Å². The minimum absolute atomic E-state index is 0.0423. The number of furan rings is 1. The molecule has 0 saturated carbocycles. The number of hydrogen-bond acceptors (Lipinski definition) is 4. The first kappa shape index (κ1) is 19.3. The van der Waals surface area contributed by atoms with E-state index in [2.05, 4.69) is 0 Å². The van der Waals surface area contributed by atoms with E-state index in [9.17, 15) is 9.59 Å². The minimum atomic E-state index is -0.0565. The summed E-state index contributed by atoms with van der Waals surface area (Å²) in [5.41, 5.74) is 0.552. The highest BCUT2D eigenvalue weighted by atomic mass is 35.5. The first-order chi connectivity index (χ1) is 13.0. The Morgan fingerprint density at radius 3 is 2.56 bits per heavy atom. The van der Waals surface area contributed by atoms with Crippen LogP contribution in [-0.4, -0.2) is 54.9 Å². The molecule has 2 amide bonds. The highest BCUT2D eigenvalue weighted by Crippen LogP contribution is 2.21. The van der Waals surface area contributed by atoms with Gasteiger partial charge in [-0.2, -0.15) is 0 Å². The normalized spacial score (nSPS) is 14.8. The van der Waals surface area contributed by atoms with Gasteiger partial charge in [0.05, 0.1) is 18.4 Å². The number of halogens is 1. The Morgan fingerprint density at radius 2 is 1.93 bits per heavy atom. The van der Waals surface area contributed by atoms with Crippen LogP contribution in [0.15, 0.2) is 47.3 Å². The number of piperidine rings is 1. The second-order valence-electron chi connectivity index (χ2n) is 6.64. The molecule has 0 unspecified atom stereocenters. The summed E-state index contributed by atoms with van der Waals surface area (Å²) in [6.07, 6.45) is 4.29. The Morgan fingerprint density at radius 1 is 1.22 bits per heavy atom. The summed E-state index contributed by atoms with van der Waals surface area (Å²) in [4.78, 5) is 28.4. The van der Waals surface area contributed by atoms with E-state index in [1.807, 2.05) is 0 Å². The summed E-state index contributed by atoms with van der Waals surface area (Å²) >= 11 is 5.84. The van der Waals surface area contributed by atoms with Crippen molar-refractivity contribution in [1.82, 2.24) is 9.80 Å². The van der Waals surface area contributed by atoms with Crippen molar-refractivity contribution in [3.8, 4) is 5.75 Å². The molecule has 0 spiro atoms. The summed E-state index contributed by atoms with van der Waals surface area (Å²) in [7, 11) is 1.79. The van der Waals surface area contributed by atoms with E-state index in [0.717, 1.165) is 5.75 Å². The van der Waals surface area contributed by atoms with Crippen molar-refractivity contribution in [2.24, 2.45) is 5.92 Å². The summed E-state index contributed by atoms with van der Waals surface area (Å²) in [6.45, 7) is 2.09. The molecule has 1 aromatic carbocycles. The van der Waals surface area contributed by atoms with Crippen LogP contribution in [0.4, 0.5) is 0 Å². The van der Waals surface area contributed by atoms with Crippen LogP contribution in [0, 0.1) is 5.92 Å². The number of likely N-dealkylation sites (tertiary alicyclic amines) is 1. The molecular weight excluding hydrogens is 368 g/mol. The topological polar surface area (TPSA) is 63.0 Å². The lowest BCUT2D eigenvalue weighted by molar-refractivity contribution is -0.135. The number of carbonyl (C=O) groups is 2. The lowest BCUT2D eigenvalue weighted by Gasteiger charge is -2.33. The predicted octanol–water partition coefficient (Wildman–Crippen LogP) is 3.32. The molecular formula is C20H23ClN2O4. The molecule has 1 aliphatic rings. The Bertz CT molecular complexity index is 753. The van der Waals surface area contributed by atoms with Crippen LogP contribution < -0.4 is 4.74 Å². The highest BCUT2D eigenvalue weighted by Gasteiger charge is 2.29. The van der Waals surface area contributed by atoms with Crippen LogP contribution in [0.5, 0.6) is 5.75 Å². The van der Waals surface area contributed by atoms with E-state index in [-0.39, 0.29) is 17.7 Å². The van der Waals surface area contributed by atoms with Crippen molar-refractivity contribution in [2.45, 2.75) is 12.8 Å². The van der Waals surface area contributed by atoms with Crippen LogP contribution in [0.2, 0.25) is 5.02 Å². The predicted molar refractivity (Wildman–Crippen MR) is 102 cm³/mol. The molecule has 2 heterocycles. The first-order valence-corrected chi connectivity index (χ1v) is 9.37. The van der Waals surface area contributed by atoms with E-state index < -0.39 is 0 Å². The van der Waals surface area contributed by atoms with Crippen LogP contribution in [-0.2, 0) is 4.79 Å². The number of rotatable bonds is 6. The Labute approximate surface area is 163 Å². The number of carbonyl (C=O) groups excluding carboxylic acids is 2. The van der Waals surface area contributed by atoms with E-state index >= 15 is 0 Å². The van der Waals surface area contributed by atoms with Crippen molar-refractivity contribution in [3.63, 3.8) is 0 Å². The SMILES string of the molecule is CN(CCOc1ccc(Cl)cc1)C(=O)C1CCN(C(=O)c2ccoc2)CC1. The molecule has 0 radical (unpaired) electrons. The number of amides is 2. The molecule has 0 bridgehead atoms. The lowest BCUT2D eigenvalue weighted by atomic mass is 9.95. The largest absolute Gasteiger partial charge is 0.492 e. The average molecular weight is 391 g/mol. The standard InChI is InChI=1S/C20H23ClN2O4/c1-22(11-13-27-18-4-2-17(21)3-5-18)19(24)15-6-9-23(10-7-15)20(25)16-8-12-26-14-16/h2-5,8,12,14-15H,6-7,9-11,13H2,1H3. The van der Waals surface area contributed by atoms with Gasteiger partial charge in [-0.05, 0) is 43.2 Å². The van der Waals surface area contributed by atoms with Gasteiger partial charge in [0.1, 0.15) is 18.6 Å². The summed E-state index contributed by atoms with van der Waals surface area (Å²) in [6, 6.07) is 8.80. The molecule has 1 fully saturated rings. The third-order valence-electron chi connectivity index (χ3n) is 4.78. The molecule has 0 N–H and O–H groups in total. The average Bonchev–Trinajstić information content (AvgIpc) is 3.23. The van der Waals surface area contributed by atoms with Crippen molar-refractivity contribution < 1.29 is 18.7 Å². The molecule has 27 heavy (non-hydrogen) atoms. The minimum Gasteiger partial charge on any atom is -0.492 e. The molecule has 7 heteroatoms. The summed E-state index contributed by atoms with van der Waals surface area (Å²) in [5, 5.41) is 0.659. The van der Waals surface area contributed by atoms with Gasteiger partial charge in [-0.25, -0.2) is 0 Å². The molecule has 6 nitrogen and oxygen atoms in total. The number of benzene rings is 1. The quantitative estimate of drug-likeness (QED) is 0.759. The third kappa shape index (κ3) is 5.04. The van der Waals surface area contributed by atoms with Crippen LogP contribution in [0.3, 0.4) is 0 Å². The fraction of sp³-hybridized carbons (Fsp3) is 0.400. The lowest BCUT2D eigenvalue weighted by Crippen LogP contribution is -2.44. The Balaban J connectivity index is 1.41. The molecule has 3 rings (SSSR count). The zero-order chi connectivity index (χ0) is 19.2. The third-order valence-corrected chi connectivity index (χ3v) is 5.04. The molecule has 1 aliphatic heterocycles. The van der Waals surface area contributed by atoms with Crippen molar-refractivity contribution in [1.29, 1.82) is 0 Å². The summed E-state index contributed by atoms with van der Waals surface area (Å²) < 4.78 is 10.6. The fourth-order valence-electron chi connectivity index (χ4n) is 3.15. The molecule has 144 valence electrons. The monoisotopic (exact) mass is 390 g/mol. The molecule has 0 aliphatic carbocycles. The van der Waals surface area contributed by atoms with Crippen molar-refractivity contribution in [3.05, 3.63) is 53.4 Å². The number of nitrogens with zero attached hydrogens (tertiary/aromatic N) is 2. The van der Waals surface area contributed by atoms with Gasteiger partial charge in [-0.15, -0.1) is 0 Å². The Hall–Kier alpha value is -2.47. The van der Waals surface area contributed by atoms with Crippen molar-refractivity contribution in [2.75, 3.05) is 33.3 Å². The van der Waals surface area contributed by atoms with Gasteiger partial charge in [0.2, 0.25) is 5.91 Å². The number of hydrogen-bond donors (Lipinski definition) is 0.